The zero-order chi connectivity index (χ0) is 21.8. The number of nitrogens with zero attached hydrogens (tertiary/aromatic N) is 1. The Hall–Kier alpha value is -1.60. The van der Waals surface area contributed by atoms with Crippen LogP contribution in [0.2, 0.25) is 0 Å². The Bertz CT molecular complexity index is 840. The van der Waals surface area contributed by atoms with E-state index in [-0.39, 0.29) is 18.4 Å². The van der Waals surface area contributed by atoms with Crippen LogP contribution in [0.3, 0.4) is 0 Å². The second-order valence-electron chi connectivity index (χ2n) is 9.97. The summed E-state index contributed by atoms with van der Waals surface area (Å²) in [6.45, 7) is 4.31. The van der Waals surface area contributed by atoms with Crippen molar-refractivity contribution in [3.05, 3.63) is 34.4 Å². The number of amides is 1. The Morgan fingerprint density at radius 3 is 2.58 bits per heavy atom. The first-order valence-corrected chi connectivity index (χ1v) is 11.6. The lowest BCUT2D eigenvalue weighted by Gasteiger charge is -2.34. The van der Waals surface area contributed by atoms with Crippen LogP contribution in [-0.2, 0) is 28.7 Å². The van der Waals surface area contributed by atoms with Crippen LogP contribution in [0, 0.1) is 24.7 Å². The quantitative estimate of drug-likeness (QED) is 0.776. The zero-order valence-electron chi connectivity index (χ0n) is 18.0. The van der Waals surface area contributed by atoms with Gasteiger partial charge < -0.3 is 15.0 Å². The average molecular weight is 437 g/mol. The number of nitrogens with one attached hydrogen (secondary N) is 1. The molecule has 2 saturated carbocycles. The standard InChI is InChI=1S/C24H31F3N2O2/c1-14-8-19(24(25,26)27)9-18-11-29(7-6-21(14)18)23(30)15-4-5-20(10-15)28-22-16-2-3-17(22)13-31-12-16/h8-9,15-17,20,22,28H,2-7,10-13H2,1H3/t15-,16?,17?,20+,22?/m0/s1. The van der Waals surface area contributed by atoms with E-state index in [1.807, 2.05) is 0 Å². The van der Waals surface area contributed by atoms with Crippen molar-refractivity contribution in [2.24, 2.45) is 17.8 Å². The molecule has 0 spiro atoms. The van der Waals surface area contributed by atoms with Gasteiger partial charge in [-0.2, -0.15) is 13.2 Å². The highest BCUT2D eigenvalue weighted by molar-refractivity contribution is 5.79. The van der Waals surface area contributed by atoms with Crippen molar-refractivity contribution in [3.8, 4) is 0 Å². The van der Waals surface area contributed by atoms with Gasteiger partial charge >= 0.3 is 6.18 Å². The summed E-state index contributed by atoms with van der Waals surface area (Å²) >= 11 is 0. The molecule has 2 aliphatic heterocycles. The fraction of sp³-hybridized carbons (Fsp3) is 0.708. The number of fused-ring (bicyclic) bond motifs is 3. The van der Waals surface area contributed by atoms with Gasteiger partial charge in [-0.25, -0.2) is 0 Å². The van der Waals surface area contributed by atoms with Crippen LogP contribution in [0.5, 0.6) is 0 Å². The van der Waals surface area contributed by atoms with Crippen LogP contribution in [0.4, 0.5) is 13.2 Å². The summed E-state index contributed by atoms with van der Waals surface area (Å²) < 4.78 is 45.4. The highest BCUT2D eigenvalue weighted by Gasteiger charge is 2.42. The van der Waals surface area contributed by atoms with Crippen molar-refractivity contribution in [1.29, 1.82) is 0 Å². The molecule has 2 heterocycles. The molecule has 0 aromatic heterocycles. The number of ether oxygens (including phenoxy) is 1. The first-order valence-electron chi connectivity index (χ1n) is 11.6. The number of alkyl halides is 3. The normalized spacial score (nSPS) is 32.9. The Morgan fingerprint density at radius 2 is 1.87 bits per heavy atom. The molecule has 170 valence electrons. The SMILES string of the molecule is Cc1cc(C(F)(F)F)cc2c1CCN(C(=O)[C@H]1CC[C@@H](NC3C4CCC3COC4)C1)C2. The molecule has 1 amide bonds. The maximum atomic E-state index is 13.2. The van der Waals surface area contributed by atoms with E-state index in [4.69, 9.17) is 4.74 Å². The molecule has 1 aromatic rings. The minimum absolute atomic E-state index is 0.0246. The molecule has 0 radical (unpaired) electrons. The van der Waals surface area contributed by atoms with Gasteiger partial charge in [0.25, 0.3) is 0 Å². The van der Waals surface area contributed by atoms with Crippen LogP contribution in [0.25, 0.3) is 0 Å². The van der Waals surface area contributed by atoms with Gasteiger partial charge in [-0.15, -0.1) is 0 Å². The van der Waals surface area contributed by atoms with Crippen LogP contribution in [-0.4, -0.2) is 42.6 Å². The van der Waals surface area contributed by atoms with Crippen molar-refractivity contribution in [1.82, 2.24) is 10.2 Å². The molecule has 1 N–H and O–H groups in total. The molecule has 5 rings (SSSR count). The second kappa shape index (κ2) is 8.07. The first-order chi connectivity index (χ1) is 14.8. The lowest BCUT2D eigenvalue weighted by Crippen LogP contribution is -2.48. The number of carbonyl (C=O) groups is 1. The third-order valence-electron chi connectivity index (χ3n) is 8.00. The molecule has 31 heavy (non-hydrogen) atoms. The Morgan fingerprint density at radius 1 is 1.13 bits per heavy atom. The summed E-state index contributed by atoms with van der Waals surface area (Å²) in [7, 11) is 0. The molecule has 4 aliphatic rings. The van der Waals surface area contributed by atoms with Crippen molar-refractivity contribution in [3.63, 3.8) is 0 Å². The van der Waals surface area contributed by atoms with E-state index < -0.39 is 11.7 Å². The lowest BCUT2D eigenvalue weighted by molar-refractivity contribution is -0.137. The molecule has 4 atom stereocenters. The zero-order valence-corrected chi connectivity index (χ0v) is 18.0. The third-order valence-corrected chi connectivity index (χ3v) is 8.00. The third kappa shape index (κ3) is 4.11. The van der Waals surface area contributed by atoms with E-state index in [1.54, 1.807) is 11.8 Å². The van der Waals surface area contributed by atoms with Crippen molar-refractivity contribution in [2.45, 2.75) is 70.3 Å². The van der Waals surface area contributed by atoms with Crippen LogP contribution in [0.15, 0.2) is 12.1 Å². The summed E-state index contributed by atoms with van der Waals surface area (Å²) in [6.07, 6.45) is 1.41. The van der Waals surface area contributed by atoms with E-state index in [9.17, 15) is 18.0 Å². The molecule has 4 nitrogen and oxygen atoms in total. The van der Waals surface area contributed by atoms with Gasteiger partial charge in [-0.05, 0) is 86.1 Å². The molecule has 2 unspecified atom stereocenters. The van der Waals surface area contributed by atoms with E-state index >= 15 is 0 Å². The second-order valence-corrected chi connectivity index (χ2v) is 9.97. The van der Waals surface area contributed by atoms with Crippen LogP contribution < -0.4 is 5.32 Å². The smallest absolute Gasteiger partial charge is 0.381 e. The number of benzene rings is 1. The topological polar surface area (TPSA) is 41.6 Å². The molecular formula is C24H31F3N2O2. The fourth-order valence-corrected chi connectivity index (χ4v) is 6.35. The Labute approximate surface area is 181 Å². The highest BCUT2D eigenvalue weighted by Crippen LogP contribution is 2.38. The average Bonchev–Trinajstić information content (AvgIpc) is 3.27. The van der Waals surface area contributed by atoms with Crippen molar-refractivity contribution in [2.75, 3.05) is 19.8 Å². The van der Waals surface area contributed by atoms with Gasteiger partial charge in [0.2, 0.25) is 5.91 Å². The maximum absolute atomic E-state index is 13.2. The van der Waals surface area contributed by atoms with Gasteiger partial charge in [-0.3, -0.25) is 4.79 Å². The number of rotatable bonds is 3. The van der Waals surface area contributed by atoms with Gasteiger partial charge in [0.15, 0.2) is 0 Å². The summed E-state index contributed by atoms with van der Waals surface area (Å²) in [5.41, 5.74) is 1.68. The first kappa shape index (κ1) is 21.3. The molecule has 7 heteroatoms. The van der Waals surface area contributed by atoms with Crippen molar-refractivity contribution >= 4 is 5.91 Å². The Kier molecular flexibility index (Phi) is 5.53. The number of carbonyl (C=O) groups excluding carboxylic acids is 1. The largest absolute Gasteiger partial charge is 0.416 e. The fourth-order valence-electron chi connectivity index (χ4n) is 6.35. The Balaban J connectivity index is 1.22. The van der Waals surface area contributed by atoms with Gasteiger partial charge in [-0.1, -0.05) is 0 Å². The molecule has 1 saturated heterocycles. The number of hydrogen-bond donors (Lipinski definition) is 1. The van der Waals surface area contributed by atoms with Crippen LogP contribution >= 0.6 is 0 Å². The minimum Gasteiger partial charge on any atom is -0.381 e. The summed E-state index contributed by atoms with van der Waals surface area (Å²) in [6, 6.07) is 3.34. The van der Waals surface area contributed by atoms with E-state index in [0.717, 1.165) is 38.0 Å². The predicted octanol–water partition coefficient (Wildman–Crippen LogP) is 4.08. The highest BCUT2D eigenvalue weighted by atomic mass is 19.4. The number of hydrogen-bond acceptors (Lipinski definition) is 3. The van der Waals surface area contributed by atoms with Crippen LogP contribution in [0.1, 0.15) is 54.4 Å². The van der Waals surface area contributed by atoms with Crippen molar-refractivity contribution < 1.29 is 22.7 Å². The predicted molar refractivity (Wildman–Crippen MR) is 110 cm³/mol. The number of halogens is 3. The molecular weight excluding hydrogens is 405 g/mol. The monoisotopic (exact) mass is 436 g/mol. The van der Waals surface area contributed by atoms with Gasteiger partial charge in [0.1, 0.15) is 0 Å². The summed E-state index contributed by atoms with van der Waals surface area (Å²) in [4.78, 5) is 15.0. The maximum Gasteiger partial charge on any atom is 0.416 e. The molecule has 3 fully saturated rings. The molecule has 2 bridgehead atoms. The summed E-state index contributed by atoms with van der Waals surface area (Å²) in [5.74, 6) is 1.28. The number of aryl methyl sites for hydroxylation is 1. The van der Waals surface area contributed by atoms with E-state index in [0.29, 0.717) is 48.0 Å². The molecule has 1 aromatic carbocycles. The molecule has 2 aliphatic carbocycles. The van der Waals surface area contributed by atoms with E-state index in [1.165, 1.54) is 25.0 Å². The lowest BCUT2D eigenvalue weighted by atomic mass is 9.91. The summed E-state index contributed by atoms with van der Waals surface area (Å²) in [5, 5.41) is 3.84. The van der Waals surface area contributed by atoms with Gasteiger partial charge in [0, 0.05) is 31.1 Å². The minimum atomic E-state index is -4.36. The van der Waals surface area contributed by atoms with E-state index in [2.05, 4.69) is 5.32 Å². The van der Waals surface area contributed by atoms with Gasteiger partial charge in [0.05, 0.1) is 18.8 Å².